The zero-order valence-corrected chi connectivity index (χ0v) is 13.6. The fourth-order valence-electron chi connectivity index (χ4n) is 2.84. The Bertz CT molecular complexity index is 1180. The fraction of sp³-hybridized carbons (Fsp3) is 0.0556. The summed E-state index contributed by atoms with van der Waals surface area (Å²) in [6.07, 6.45) is 1.66. The number of furan rings is 1. The summed E-state index contributed by atoms with van der Waals surface area (Å²) in [5, 5.41) is 16.6. The minimum absolute atomic E-state index is 0.708. The number of benzene rings is 2. The maximum Gasteiger partial charge on any atom is 0.235 e. The van der Waals surface area contributed by atoms with Gasteiger partial charge in [0.05, 0.1) is 11.8 Å². The lowest BCUT2D eigenvalue weighted by Gasteiger charge is -2.00. The van der Waals surface area contributed by atoms with Gasteiger partial charge in [-0.2, -0.15) is 9.61 Å². The lowest BCUT2D eigenvalue weighted by molar-refractivity contribution is 0.535. The highest BCUT2D eigenvalue weighted by Crippen LogP contribution is 2.31. The summed E-state index contributed by atoms with van der Waals surface area (Å²) in [6.45, 7) is 1.91. The molecule has 3 aromatic heterocycles. The molecule has 0 aliphatic rings. The first kappa shape index (κ1) is 13.4. The van der Waals surface area contributed by atoms with Crippen LogP contribution in [0.1, 0.15) is 5.76 Å². The first-order chi connectivity index (χ1) is 11.8. The second kappa shape index (κ2) is 5.01. The van der Waals surface area contributed by atoms with Gasteiger partial charge in [-0.1, -0.05) is 47.7 Å². The van der Waals surface area contributed by atoms with Crippen molar-refractivity contribution >= 4 is 27.1 Å². The number of nitrogens with zero attached hydrogens (tertiary/aromatic N) is 4. The average Bonchev–Trinajstić information content (AvgIpc) is 3.30. The maximum atomic E-state index is 5.37. The van der Waals surface area contributed by atoms with Gasteiger partial charge >= 0.3 is 0 Å². The molecule has 0 unspecified atom stereocenters. The van der Waals surface area contributed by atoms with Gasteiger partial charge in [0, 0.05) is 5.56 Å². The molecule has 5 rings (SSSR count). The van der Waals surface area contributed by atoms with Crippen molar-refractivity contribution in [1.29, 1.82) is 0 Å². The molecule has 0 bridgehead atoms. The highest BCUT2D eigenvalue weighted by molar-refractivity contribution is 7.19. The lowest BCUT2D eigenvalue weighted by atomic mass is 10.1. The van der Waals surface area contributed by atoms with Gasteiger partial charge in [0.25, 0.3) is 0 Å². The second-order valence-electron chi connectivity index (χ2n) is 5.58. The van der Waals surface area contributed by atoms with E-state index in [-0.39, 0.29) is 0 Å². The normalized spacial score (nSPS) is 11.5. The van der Waals surface area contributed by atoms with Crippen LogP contribution in [0.2, 0.25) is 0 Å². The predicted octanol–water partition coefficient (Wildman–Crippen LogP) is 4.57. The molecule has 116 valence electrons. The Morgan fingerprint density at radius 3 is 2.71 bits per heavy atom. The maximum absolute atomic E-state index is 5.37. The molecule has 24 heavy (non-hydrogen) atoms. The molecule has 5 nitrogen and oxygen atoms in total. The Morgan fingerprint density at radius 1 is 1.00 bits per heavy atom. The van der Waals surface area contributed by atoms with Crippen LogP contribution in [-0.4, -0.2) is 19.8 Å². The number of fused-ring (bicyclic) bond motifs is 2. The molecule has 0 spiro atoms. The highest BCUT2D eigenvalue weighted by Gasteiger charge is 2.17. The fourth-order valence-corrected chi connectivity index (χ4v) is 3.68. The van der Waals surface area contributed by atoms with Crippen LogP contribution in [0.25, 0.3) is 37.7 Å². The summed E-state index contributed by atoms with van der Waals surface area (Å²) in [5.41, 5.74) is 2.00. The average molecular weight is 332 g/mol. The van der Waals surface area contributed by atoms with E-state index in [2.05, 4.69) is 40.5 Å². The molecule has 5 aromatic rings. The number of hydrogen-bond acceptors (Lipinski definition) is 5. The first-order valence-electron chi connectivity index (χ1n) is 7.55. The third-order valence-corrected chi connectivity index (χ3v) is 5.03. The van der Waals surface area contributed by atoms with Crippen LogP contribution in [0, 0.1) is 6.92 Å². The van der Waals surface area contributed by atoms with Crippen LogP contribution in [-0.2, 0) is 0 Å². The summed E-state index contributed by atoms with van der Waals surface area (Å²) in [6, 6.07) is 16.6. The number of aromatic nitrogens is 4. The lowest BCUT2D eigenvalue weighted by Crippen LogP contribution is -1.91. The van der Waals surface area contributed by atoms with Crippen LogP contribution in [0.5, 0.6) is 0 Å². The summed E-state index contributed by atoms with van der Waals surface area (Å²) in [7, 11) is 0. The summed E-state index contributed by atoms with van der Waals surface area (Å²) >= 11 is 1.53. The van der Waals surface area contributed by atoms with Crippen molar-refractivity contribution in [2.45, 2.75) is 6.92 Å². The van der Waals surface area contributed by atoms with Gasteiger partial charge in [0.1, 0.15) is 10.8 Å². The monoisotopic (exact) mass is 332 g/mol. The number of rotatable bonds is 2. The van der Waals surface area contributed by atoms with Crippen LogP contribution < -0.4 is 0 Å². The zero-order valence-electron chi connectivity index (χ0n) is 12.8. The van der Waals surface area contributed by atoms with E-state index in [1.807, 2.05) is 25.1 Å². The molecule has 0 saturated carbocycles. The van der Waals surface area contributed by atoms with Gasteiger partial charge in [-0.15, -0.1) is 10.2 Å². The molecule has 0 amide bonds. The Labute approximate surface area is 141 Å². The van der Waals surface area contributed by atoms with Crippen molar-refractivity contribution < 1.29 is 4.42 Å². The molecule has 0 radical (unpaired) electrons. The van der Waals surface area contributed by atoms with Crippen molar-refractivity contribution in [3.8, 4) is 22.0 Å². The molecular weight excluding hydrogens is 320 g/mol. The molecule has 3 heterocycles. The number of aryl methyl sites for hydroxylation is 1. The van der Waals surface area contributed by atoms with E-state index in [4.69, 9.17) is 9.52 Å². The van der Waals surface area contributed by atoms with Crippen molar-refractivity contribution in [2.24, 2.45) is 0 Å². The Kier molecular flexibility index (Phi) is 2.80. The van der Waals surface area contributed by atoms with Gasteiger partial charge in [-0.05, 0) is 29.8 Å². The van der Waals surface area contributed by atoms with Crippen molar-refractivity contribution in [3.63, 3.8) is 0 Å². The van der Waals surface area contributed by atoms with E-state index < -0.39 is 0 Å². The van der Waals surface area contributed by atoms with E-state index >= 15 is 0 Å². The standard InChI is InChI=1S/C18H12N4OS/c1-11-15(8-9-23-11)16-19-20-18-22(16)21-17(24-18)14-7-6-12-4-2-3-5-13(12)10-14/h2-10H,1H3. The molecule has 0 saturated heterocycles. The van der Waals surface area contributed by atoms with E-state index in [9.17, 15) is 0 Å². The largest absolute Gasteiger partial charge is 0.469 e. The van der Waals surface area contributed by atoms with Crippen LogP contribution in [0.3, 0.4) is 0 Å². The van der Waals surface area contributed by atoms with Gasteiger partial charge in [-0.25, -0.2) is 0 Å². The third kappa shape index (κ3) is 1.97. The van der Waals surface area contributed by atoms with E-state index in [0.717, 1.165) is 26.9 Å². The Balaban J connectivity index is 1.67. The third-order valence-electron chi connectivity index (χ3n) is 4.09. The molecule has 0 N–H and O–H groups in total. The topological polar surface area (TPSA) is 56.2 Å². The van der Waals surface area contributed by atoms with E-state index in [1.165, 1.54) is 22.1 Å². The number of hydrogen-bond donors (Lipinski definition) is 0. The van der Waals surface area contributed by atoms with Gasteiger partial charge in [0.15, 0.2) is 5.82 Å². The van der Waals surface area contributed by atoms with Crippen molar-refractivity contribution in [1.82, 2.24) is 19.8 Å². The van der Waals surface area contributed by atoms with Crippen LogP contribution >= 0.6 is 11.3 Å². The van der Waals surface area contributed by atoms with E-state index in [0.29, 0.717) is 5.82 Å². The Hall–Kier alpha value is -2.99. The highest BCUT2D eigenvalue weighted by atomic mass is 32.1. The molecule has 6 heteroatoms. The molecule has 0 aliphatic heterocycles. The SMILES string of the molecule is Cc1occc1-c1nnc2sc(-c3ccc4ccccc4c3)nn12. The summed E-state index contributed by atoms with van der Waals surface area (Å²) in [5.74, 6) is 1.52. The van der Waals surface area contributed by atoms with Gasteiger partial charge in [-0.3, -0.25) is 0 Å². The minimum Gasteiger partial charge on any atom is -0.469 e. The molecular formula is C18H12N4OS. The van der Waals surface area contributed by atoms with Gasteiger partial charge in [0.2, 0.25) is 4.96 Å². The summed E-state index contributed by atoms with van der Waals surface area (Å²) < 4.78 is 7.16. The van der Waals surface area contributed by atoms with E-state index in [1.54, 1.807) is 10.8 Å². The first-order valence-corrected chi connectivity index (χ1v) is 8.37. The minimum atomic E-state index is 0.708. The van der Waals surface area contributed by atoms with Crippen LogP contribution in [0.15, 0.2) is 59.2 Å². The molecule has 0 fully saturated rings. The quantitative estimate of drug-likeness (QED) is 0.475. The van der Waals surface area contributed by atoms with Crippen LogP contribution in [0.4, 0.5) is 0 Å². The van der Waals surface area contributed by atoms with Gasteiger partial charge < -0.3 is 4.42 Å². The zero-order chi connectivity index (χ0) is 16.1. The Morgan fingerprint density at radius 2 is 1.88 bits per heavy atom. The smallest absolute Gasteiger partial charge is 0.235 e. The predicted molar refractivity (Wildman–Crippen MR) is 94.0 cm³/mol. The second-order valence-corrected chi connectivity index (χ2v) is 6.53. The molecule has 2 aromatic carbocycles. The molecule has 0 aliphatic carbocycles. The molecule has 0 atom stereocenters. The van der Waals surface area contributed by atoms with Crippen molar-refractivity contribution in [2.75, 3.05) is 0 Å². The summed E-state index contributed by atoms with van der Waals surface area (Å²) in [4.78, 5) is 0.772. The van der Waals surface area contributed by atoms with Crippen molar-refractivity contribution in [3.05, 3.63) is 60.6 Å².